The van der Waals surface area contributed by atoms with Crippen LogP contribution in [0.2, 0.25) is 0 Å². The lowest BCUT2D eigenvalue weighted by Gasteiger charge is -2.36. The number of para-hydroxylation sites is 2. The third-order valence-corrected chi connectivity index (χ3v) is 6.83. The number of hydrogen-bond donors (Lipinski definition) is 2. The minimum absolute atomic E-state index is 0.00297. The summed E-state index contributed by atoms with van der Waals surface area (Å²) in [4.78, 5) is 37.0. The largest absolute Gasteiger partial charge is 0.478 e. The summed E-state index contributed by atoms with van der Waals surface area (Å²) in [5.74, 6) is -2.51. The maximum absolute atomic E-state index is 13.0. The van der Waals surface area contributed by atoms with Crippen molar-refractivity contribution in [1.82, 2.24) is 18.6 Å². The van der Waals surface area contributed by atoms with Gasteiger partial charge in [0.1, 0.15) is 0 Å². The fraction of sp³-hybridized carbons (Fsp3) is 0.276. The van der Waals surface area contributed by atoms with Gasteiger partial charge >= 0.3 is 17.6 Å². The molecule has 1 fully saturated rings. The summed E-state index contributed by atoms with van der Waals surface area (Å²) < 4.78 is 5.78. The third kappa shape index (κ3) is 6.29. The van der Waals surface area contributed by atoms with Gasteiger partial charge in [0.25, 0.3) is 0 Å². The first-order valence-electron chi connectivity index (χ1n) is 12.7. The molecule has 3 heterocycles. The summed E-state index contributed by atoms with van der Waals surface area (Å²) in [7, 11) is 2.09. The number of carbonyl (C=O) groups is 2. The Morgan fingerprint density at radius 2 is 1.54 bits per heavy atom. The van der Waals surface area contributed by atoms with Gasteiger partial charge < -0.3 is 19.7 Å². The van der Waals surface area contributed by atoms with Gasteiger partial charge in [-0.3, -0.25) is 14.0 Å². The van der Waals surface area contributed by atoms with Crippen LogP contribution in [0.3, 0.4) is 0 Å². The number of aliphatic carboxylic acids is 2. The van der Waals surface area contributed by atoms with Crippen LogP contribution < -0.4 is 10.6 Å². The highest BCUT2D eigenvalue weighted by atomic mass is 16.4. The van der Waals surface area contributed by atoms with Crippen molar-refractivity contribution in [3.8, 4) is 0 Å². The van der Waals surface area contributed by atoms with E-state index in [1.165, 1.54) is 16.6 Å². The molecule has 0 radical (unpaired) electrons. The SMILES string of the molecule is C=C(C)n1c(=O)n(CCN2CCN(c3ccc4ccn(C)c4c3)CC2)c2ccccc21.O=C(O)/C=C/C(=O)O. The number of imidazole rings is 1. The first-order valence-corrected chi connectivity index (χ1v) is 12.7. The number of benzene rings is 2. The molecule has 39 heavy (non-hydrogen) atoms. The molecule has 0 bridgehead atoms. The fourth-order valence-corrected chi connectivity index (χ4v) is 4.85. The normalized spacial score (nSPS) is 14.1. The van der Waals surface area contributed by atoms with E-state index in [4.69, 9.17) is 10.2 Å². The molecule has 0 unspecified atom stereocenters. The second-order valence-electron chi connectivity index (χ2n) is 9.50. The molecule has 4 aromatic rings. The van der Waals surface area contributed by atoms with E-state index in [0.29, 0.717) is 18.7 Å². The molecule has 2 aromatic heterocycles. The zero-order chi connectivity index (χ0) is 28.1. The average Bonchev–Trinajstić information content (AvgIpc) is 3.43. The van der Waals surface area contributed by atoms with Gasteiger partial charge in [0.15, 0.2) is 0 Å². The van der Waals surface area contributed by atoms with Crippen LogP contribution in [0.5, 0.6) is 0 Å². The molecule has 0 aliphatic carbocycles. The zero-order valence-corrected chi connectivity index (χ0v) is 22.2. The van der Waals surface area contributed by atoms with E-state index in [0.717, 1.165) is 49.5 Å². The smallest absolute Gasteiger partial charge is 0.333 e. The van der Waals surface area contributed by atoms with Crippen molar-refractivity contribution in [2.75, 3.05) is 37.6 Å². The third-order valence-electron chi connectivity index (χ3n) is 6.83. The Hall–Kier alpha value is -4.57. The Labute approximate surface area is 225 Å². The highest BCUT2D eigenvalue weighted by molar-refractivity contribution is 5.89. The summed E-state index contributed by atoms with van der Waals surface area (Å²) in [5, 5.41) is 16.9. The maximum atomic E-state index is 13.0. The lowest BCUT2D eigenvalue weighted by Crippen LogP contribution is -2.47. The Morgan fingerprint density at radius 3 is 2.15 bits per heavy atom. The van der Waals surface area contributed by atoms with Gasteiger partial charge in [0.2, 0.25) is 0 Å². The Balaban J connectivity index is 0.000000386. The van der Waals surface area contributed by atoms with Gasteiger partial charge in [0, 0.05) is 81.6 Å². The first kappa shape index (κ1) is 27.5. The summed E-state index contributed by atoms with van der Waals surface area (Å²) in [5.41, 5.74) is 5.22. The number of rotatable bonds is 7. The number of carboxylic acid groups (broad SMARTS) is 2. The quantitative estimate of drug-likeness (QED) is 0.352. The van der Waals surface area contributed by atoms with Crippen molar-refractivity contribution in [3.63, 3.8) is 0 Å². The van der Waals surface area contributed by atoms with Crippen molar-refractivity contribution in [1.29, 1.82) is 0 Å². The van der Waals surface area contributed by atoms with Crippen LogP contribution in [-0.2, 0) is 23.2 Å². The number of aryl methyl sites for hydroxylation is 1. The van der Waals surface area contributed by atoms with Gasteiger partial charge in [-0.1, -0.05) is 24.8 Å². The molecule has 5 rings (SSSR count). The van der Waals surface area contributed by atoms with Crippen LogP contribution in [0, 0.1) is 0 Å². The molecule has 1 aliphatic rings. The van der Waals surface area contributed by atoms with Crippen LogP contribution >= 0.6 is 0 Å². The summed E-state index contributed by atoms with van der Waals surface area (Å²) in [6, 6.07) is 16.9. The number of aromatic nitrogens is 3. The number of carboxylic acids is 2. The minimum atomic E-state index is -1.26. The van der Waals surface area contributed by atoms with E-state index in [1.807, 2.05) is 35.8 Å². The average molecular weight is 532 g/mol. The van der Waals surface area contributed by atoms with Gasteiger partial charge in [-0.15, -0.1) is 0 Å². The summed E-state index contributed by atoms with van der Waals surface area (Å²) >= 11 is 0. The molecule has 0 spiro atoms. The van der Waals surface area contributed by atoms with Gasteiger partial charge in [-0.2, -0.15) is 0 Å². The Morgan fingerprint density at radius 1 is 0.897 bits per heavy atom. The monoisotopic (exact) mass is 531 g/mol. The van der Waals surface area contributed by atoms with Crippen LogP contribution in [0.4, 0.5) is 5.69 Å². The number of hydrogen-bond acceptors (Lipinski definition) is 5. The molecule has 10 heteroatoms. The molecule has 2 N–H and O–H groups in total. The topological polar surface area (TPSA) is 113 Å². The predicted octanol–water partition coefficient (Wildman–Crippen LogP) is 3.32. The lowest BCUT2D eigenvalue weighted by molar-refractivity contribution is -0.134. The van der Waals surface area contributed by atoms with E-state index < -0.39 is 11.9 Å². The van der Waals surface area contributed by atoms with E-state index in [-0.39, 0.29) is 5.69 Å². The first-order chi connectivity index (χ1) is 18.7. The van der Waals surface area contributed by atoms with Crippen LogP contribution in [0.1, 0.15) is 6.92 Å². The molecule has 204 valence electrons. The zero-order valence-electron chi connectivity index (χ0n) is 22.2. The standard InChI is InChI=1S/C25H29N5O.C4H4O4/c1-19(2)30-23-7-5-4-6-22(23)29(25(30)31)17-14-27-12-15-28(16-13-27)21-9-8-20-10-11-26(3)24(20)18-21;5-3(6)1-2-4(7)8/h4-11,18H,1,12-17H2,2-3H3;1-2H,(H,5,6)(H,7,8)/b;2-1+. The van der Waals surface area contributed by atoms with Gasteiger partial charge in [-0.05, 0) is 42.6 Å². The Bertz CT molecular complexity index is 1590. The number of fused-ring (bicyclic) bond motifs is 2. The molecule has 0 atom stereocenters. The van der Waals surface area contributed by atoms with E-state index in [1.54, 1.807) is 4.57 Å². The van der Waals surface area contributed by atoms with Gasteiger partial charge in [-0.25, -0.2) is 14.4 Å². The second kappa shape index (κ2) is 11.9. The van der Waals surface area contributed by atoms with Crippen LogP contribution in [0.25, 0.3) is 27.6 Å². The number of allylic oxidation sites excluding steroid dienone is 1. The fourth-order valence-electron chi connectivity index (χ4n) is 4.85. The highest BCUT2D eigenvalue weighted by Crippen LogP contribution is 2.24. The molecule has 1 saturated heterocycles. The van der Waals surface area contributed by atoms with Crippen molar-refractivity contribution in [3.05, 3.63) is 83.9 Å². The van der Waals surface area contributed by atoms with Crippen molar-refractivity contribution in [2.45, 2.75) is 13.5 Å². The molecule has 2 aromatic carbocycles. The lowest BCUT2D eigenvalue weighted by atomic mass is 10.2. The number of nitrogens with zero attached hydrogens (tertiary/aromatic N) is 5. The number of piperazine rings is 1. The molecule has 10 nitrogen and oxygen atoms in total. The molecule has 0 saturated carbocycles. The van der Waals surface area contributed by atoms with Crippen molar-refractivity contribution >= 4 is 45.3 Å². The minimum Gasteiger partial charge on any atom is -0.478 e. The molecular formula is C29H33N5O5. The highest BCUT2D eigenvalue weighted by Gasteiger charge is 2.19. The van der Waals surface area contributed by atoms with Crippen LogP contribution in [0.15, 0.2) is 78.3 Å². The summed E-state index contributed by atoms with van der Waals surface area (Å²) in [6.45, 7) is 11.4. The predicted molar refractivity (Wildman–Crippen MR) is 153 cm³/mol. The maximum Gasteiger partial charge on any atom is 0.333 e. The van der Waals surface area contributed by atoms with Crippen molar-refractivity contribution in [2.24, 2.45) is 7.05 Å². The molecular weight excluding hydrogens is 498 g/mol. The van der Waals surface area contributed by atoms with E-state index >= 15 is 0 Å². The van der Waals surface area contributed by atoms with E-state index in [2.05, 4.69) is 58.5 Å². The number of anilines is 1. The van der Waals surface area contributed by atoms with E-state index in [9.17, 15) is 14.4 Å². The van der Waals surface area contributed by atoms with Crippen molar-refractivity contribution < 1.29 is 19.8 Å². The van der Waals surface area contributed by atoms with Crippen LogP contribution in [-0.4, -0.2) is 73.5 Å². The molecule has 1 aliphatic heterocycles. The summed E-state index contributed by atoms with van der Waals surface area (Å²) in [6.07, 6.45) is 3.23. The van der Waals surface area contributed by atoms with Gasteiger partial charge in [0.05, 0.1) is 11.0 Å². The second-order valence-corrected chi connectivity index (χ2v) is 9.50. The molecule has 0 amide bonds. The Kier molecular flexibility index (Phi) is 8.36.